The third-order valence-electron chi connectivity index (χ3n) is 4.66. The van der Waals surface area contributed by atoms with E-state index >= 15 is 0 Å². The van der Waals surface area contributed by atoms with Crippen LogP contribution in [-0.4, -0.2) is 50.3 Å². The summed E-state index contributed by atoms with van der Waals surface area (Å²) >= 11 is 0. The second kappa shape index (κ2) is 9.90. The second-order valence-electron chi connectivity index (χ2n) is 8.24. The number of ether oxygens (including phenoxy) is 4. The fourth-order valence-corrected chi connectivity index (χ4v) is 3.90. The van der Waals surface area contributed by atoms with Gasteiger partial charge >= 0.3 is 6.01 Å². The molecule has 1 amide bonds. The summed E-state index contributed by atoms with van der Waals surface area (Å²) in [7, 11) is 2.66. The van der Waals surface area contributed by atoms with Gasteiger partial charge in [0.05, 0.1) is 27.8 Å². The molecule has 0 fully saturated rings. The number of nitrogens with zero attached hydrogens (tertiary/aromatic N) is 3. The Kier molecular flexibility index (Phi) is 7.22. The number of furan rings is 1. The van der Waals surface area contributed by atoms with Gasteiger partial charge in [-0.2, -0.15) is 9.97 Å². The van der Waals surface area contributed by atoms with E-state index in [1.165, 1.54) is 21.3 Å². The van der Waals surface area contributed by atoms with Crippen molar-refractivity contribution in [1.82, 2.24) is 15.0 Å². The molecule has 0 aliphatic heterocycles. The maximum Gasteiger partial charge on any atom is 0.322 e. The summed E-state index contributed by atoms with van der Waals surface area (Å²) in [6.07, 6.45) is 1.76. The van der Waals surface area contributed by atoms with E-state index < -0.39 is 8.07 Å². The topological polar surface area (TPSA) is 118 Å². The highest BCUT2D eigenvalue weighted by Gasteiger charge is 2.21. The lowest BCUT2D eigenvalue weighted by molar-refractivity contribution is -0.115. The van der Waals surface area contributed by atoms with E-state index in [0.29, 0.717) is 11.5 Å². The van der Waals surface area contributed by atoms with Gasteiger partial charge in [-0.1, -0.05) is 19.6 Å². The van der Waals surface area contributed by atoms with Gasteiger partial charge in [0, 0.05) is 23.1 Å². The van der Waals surface area contributed by atoms with Gasteiger partial charge in [0.25, 0.3) is 5.95 Å². The van der Waals surface area contributed by atoms with Gasteiger partial charge in [-0.3, -0.25) is 9.78 Å². The van der Waals surface area contributed by atoms with Crippen LogP contribution >= 0.6 is 0 Å². The van der Waals surface area contributed by atoms with Crippen LogP contribution in [0.2, 0.25) is 19.6 Å². The Labute approximate surface area is 193 Å². The van der Waals surface area contributed by atoms with Crippen molar-refractivity contribution in [3.05, 3.63) is 35.7 Å². The molecule has 176 valence electrons. The predicted molar refractivity (Wildman–Crippen MR) is 125 cm³/mol. The highest BCUT2D eigenvalue weighted by molar-refractivity contribution is 6.88. The number of aromatic nitrogens is 3. The molecule has 3 heterocycles. The smallest absolute Gasteiger partial charge is 0.322 e. The van der Waals surface area contributed by atoms with E-state index in [-0.39, 0.29) is 41.7 Å². The molecule has 0 aliphatic carbocycles. The molecule has 0 aliphatic rings. The minimum Gasteiger partial charge on any atom is -0.479 e. The minimum absolute atomic E-state index is 0.0445. The van der Waals surface area contributed by atoms with Crippen molar-refractivity contribution in [1.29, 1.82) is 0 Å². The van der Waals surface area contributed by atoms with Crippen molar-refractivity contribution in [2.75, 3.05) is 26.6 Å². The standard InChI is InChI=1S/C22H28N4O6Si/c1-13-12-23-17(33(5,6)7)11-15(13)32-18-9-8-14(31-18)10-16(27)24-19-20(28-2)25-22(30-4)26-21(19)29-3/h8-9,11-12H,10H2,1-7H3,(H,24,27). The van der Waals surface area contributed by atoms with Crippen molar-refractivity contribution in [3.63, 3.8) is 0 Å². The summed E-state index contributed by atoms with van der Waals surface area (Å²) in [4.78, 5) is 25.3. The number of methoxy groups -OCH3 is 3. The normalized spacial score (nSPS) is 11.1. The fraction of sp³-hybridized carbons (Fsp3) is 0.364. The number of anilines is 1. The fourth-order valence-electron chi connectivity index (χ4n) is 2.88. The quantitative estimate of drug-likeness (QED) is 0.468. The summed E-state index contributed by atoms with van der Waals surface area (Å²) in [6, 6.07) is 5.37. The lowest BCUT2D eigenvalue weighted by Gasteiger charge is -2.17. The van der Waals surface area contributed by atoms with Crippen LogP contribution in [0.15, 0.2) is 28.8 Å². The molecule has 10 nitrogen and oxygen atoms in total. The van der Waals surface area contributed by atoms with Crippen molar-refractivity contribution >= 4 is 25.0 Å². The summed E-state index contributed by atoms with van der Waals surface area (Å²) < 4.78 is 27.1. The zero-order chi connectivity index (χ0) is 24.2. The molecular formula is C22H28N4O6Si. The first-order chi connectivity index (χ1) is 15.6. The first-order valence-electron chi connectivity index (χ1n) is 10.2. The molecule has 0 saturated carbocycles. The molecule has 0 unspecified atom stereocenters. The Morgan fingerprint density at radius 1 is 1.06 bits per heavy atom. The summed E-state index contributed by atoms with van der Waals surface area (Å²) in [6.45, 7) is 8.58. The lowest BCUT2D eigenvalue weighted by Crippen LogP contribution is -2.39. The monoisotopic (exact) mass is 472 g/mol. The molecule has 0 spiro atoms. The van der Waals surface area contributed by atoms with Crippen LogP contribution in [0, 0.1) is 6.92 Å². The Hall–Kier alpha value is -3.60. The van der Waals surface area contributed by atoms with E-state index in [2.05, 4.69) is 39.9 Å². The van der Waals surface area contributed by atoms with E-state index in [4.69, 9.17) is 23.4 Å². The first kappa shape index (κ1) is 24.0. The molecule has 33 heavy (non-hydrogen) atoms. The van der Waals surface area contributed by atoms with Crippen molar-refractivity contribution in [2.24, 2.45) is 0 Å². The maximum atomic E-state index is 12.6. The number of amides is 1. The number of nitrogens with one attached hydrogen (secondary N) is 1. The van der Waals surface area contributed by atoms with Gasteiger partial charge in [0.2, 0.25) is 17.7 Å². The minimum atomic E-state index is -1.59. The number of hydrogen-bond donors (Lipinski definition) is 1. The average molecular weight is 473 g/mol. The molecule has 0 saturated heterocycles. The summed E-state index contributed by atoms with van der Waals surface area (Å²) in [5, 5.41) is 3.74. The molecule has 11 heteroatoms. The van der Waals surface area contributed by atoms with Gasteiger partial charge in [-0.15, -0.1) is 0 Å². The lowest BCUT2D eigenvalue weighted by atomic mass is 10.3. The molecule has 3 rings (SSSR count). The maximum absolute atomic E-state index is 12.6. The number of carbonyl (C=O) groups is 1. The van der Waals surface area contributed by atoms with Gasteiger partial charge in [-0.05, 0) is 19.1 Å². The highest BCUT2D eigenvalue weighted by Crippen LogP contribution is 2.33. The number of rotatable bonds is 9. The second-order valence-corrected chi connectivity index (χ2v) is 13.2. The molecule has 0 radical (unpaired) electrons. The van der Waals surface area contributed by atoms with E-state index in [1.54, 1.807) is 18.3 Å². The van der Waals surface area contributed by atoms with Crippen LogP contribution < -0.4 is 29.6 Å². The number of hydrogen-bond acceptors (Lipinski definition) is 9. The summed E-state index contributed by atoms with van der Waals surface area (Å²) in [5.74, 6) is 1.24. The van der Waals surface area contributed by atoms with Crippen molar-refractivity contribution in [3.8, 4) is 29.5 Å². The third kappa shape index (κ3) is 5.80. The van der Waals surface area contributed by atoms with Gasteiger partial charge in [0.1, 0.15) is 19.6 Å². The van der Waals surface area contributed by atoms with Crippen LogP contribution in [0.25, 0.3) is 0 Å². The molecule has 1 N–H and O–H groups in total. The van der Waals surface area contributed by atoms with Crippen molar-refractivity contribution in [2.45, 2.75) is 33.0 Å². The molecule has 0 bridgehead atoms. The molecular weight excluding hydrogens is 444 g/mol. The van der Waals surface area contributed by atoms with E-state index in [1.807, 2.05) is 13.0 Å². The molecule has 3 aromatic heterocycles. The zero-order valence-electron chi connectivity index (χ0n) is 19.8. The Morgan fingerprint density at radius 3 is 2.30 bits per heavy atom. The van der Waals surface area contributed by atoms with Crippen LogP contribution in [0.5, 0.6) is 29.5 Å². The van der Waals surface area contributed by atoms with Crippen LogP contribution in [0.1, 0.15) is 11.3 Å². The number of pyridine rings is 1. The van der Waals surface area contributed by atoms with Crippen LogP contribution in [0.4, 0.5) is 5.69 Å². The van der Waals surface area contributed by atoms with Crippen LogP contribution in [-0.2, 0) is 11.2 Å². The molecule has 3 aromatic rings. The SMILES string of the molecule is COc1nc(OC)c(NC(=O)Cc2ccc(Oc3cc([Si](C)(C)C)ncc3C)o2)c(OC)n1. The zero-order valence-corrected chi connectivity index (χ0v) is 20.8. The Morgan fingerprint density at radius 2 is 1.73 bits per heavy atom. The Balaban J connectivity index is 1.73. The van der Waals surface area contributed by atoms with Gasteiger partial charge in [-0.25, -0.2) is 0 Å². The number of carbonyl (C=O) groups excluding carboxylic acids is 1. The average Bonchev–Trinajstić information content (AvgIpc) is 3.20. The third-order valence-corrected chi connectivity index (χ3v) is 6.47. The predicted octanol–water partition coefficient (Wildman–Crippen LogP) is 3.32. The van der Waals surface area contributed by atoms with Crippen LogP contribution in [0.3, 0.4) is 0 Å². The summed E-state index contributed by atoms with van der Waals surface area (Å²) in [5.41, 5.74) is 1.09. The highest BCUT2D eigenvalue weighted by atomic mass is 28.3. The molecule has 0 aromatic carbocycles. The van der Waals surface area contributed by atoms with E-state index in [0.717, 1.165) is 10.9 Å². The first-order valence-corrected chi connectivity index (χ1v) is 13.7. The molecule has 0 atom stereocenters. The Bertz CT molecular complexity index is 1120. The van der Waals surface area contributed by atoms with Crippen molar-refractivity contribution < 1.29 is 28.2 Å². The largest absolute Gasteiger partial charge is 0.479 e. The number of aryl methyl sites for hydroxylation is 1. The van der Waals surface area contributed by atoms with Gasteiger partial charge < -0.3 is 28.7 Å². The van der Waals surface area contributed by atoms with Gasteiger partial charge in [0.15, 0.2) is 5.69 Å². The van der Waals surface area contributed by atoms with E-state index in [9.17, 15) is 4.79 Å².